The summed E-state index contributed by atoms with van der Waals surface area (Å²) in [4.78, 5) is 26.6. The number of ether oxygens (including phenoxy) is 2. The SMILES string of the molecule is CCc1c(C(=O)NN(C(=O)c2cccc(C)c2C)C(C)(C)C)ccc2c1OC(C)O2. The minimum atomic E-state index is -0.625. The van der Waals surface area contributed by atoms with Gasteiger partial charge in [0.15, 0.2) is 11.5 Å². The molecule has 0 aliphatic carbocycles. The van der Waals surface area contributed by atoms with E-state index in [1.165, 1.54) is 5.01 Å². The highest BCUT2D eigenvalue weighted by atomic mass is 16.7. The van der Waals surface area contributed by atoms with Crippen molar-refractivity contribution < 1.29 is 19.1 Å². The van der Waals surface area contributed by atoms with Crippen LogP contribution in [-0.2, 0) is 6.42 Å². The Kier molecular flexibility index (Phi) is 5.79. The molecule has 0 spiro atoms. The Bertz CT molecular complexity index is 991. The summed E-state index contributed by atoms with van der Waals surface area (Å²) in [6, 6.07) is 9.06. The maximum atomic E-state index is 13.4. The van der Waals surface area contributed by atoms with E-state index < -0.39 is 5.54 Å². The van der Waals surface area contributed by atoms with E-state index in [2.05, 4.69) is 5.43 Å². The molecule has 0 radical (unpaired) electrons. The number of rotatable bonds is 3. The Morgan fingerprint density at radius 3 is 2.40 bits per heavy atom. The molecule has 1 aliphatic heterocycles. The van der Waals surface area contributed by atoms with Crippen LogP contribution < -0.4 is 14.9 Å². The topological polar surface area (TPSA) is 67.9 Å². The van der Waals surface area contributed by atoms with Gasteiger partial charge in [0.1, 0.15) is 0 Å². The Morgan fingerprint density at radius 2 is 1.77 bits per heavy atom. The Balaban J connectivity index is 1.95. The zero-order chi connectivity index (χ0) is 22.2. The summed E-state index contributed by atoms with van der Waals surface area (Å²) in [6.45, 7) is 13.3. The van der Waals surface area contributed by atoms with Crippen LogP contribution in [0.15, 0.2) is 30.3 Å². The molecule has 0 aromatic heterocycles. The van der Waals surface area contributed by atoms with Crippen molar-refractivity contribution in [3.05, 3.63) is 58.1 Å². The summed E-state index contributed by atoms with van der Waals surface area (Å²) >= 11 is 0. The van der Waals surface area contributed by atoms with Crippen molar-refractivity contribution in [2.24, 2.45) is 0 Å². The van der Waals surface area contributed by atoms with E-state index in [9.17, 15) is 9.59 Å². The first-order valence-corrected chi connectivity index (χ1v) is 10.3. The number of carbonyl (C=O) groups excluding carboxylic acids is 2. The Morgan fingerprint density at radius 1 is 1.07 bits per heavy atom. The fraction of sp³-hybridized carbons (Fsp3) is 0.417. The molecule has 2 amide bonds. The minimum absolute atomic E-state index is 0.246. The summed E-state index contributed by atoms with van der Waals surface area (Å²) < 4.78 is 11.4. The summed E-state index contributed by atoms with van der Waals surface area (Å²) in [6.07, 6.45) is 0.211. The standard InChI is InChI=1S/C24H30N2O4/c1-8-17-19(12-13-20-21(17)30-16(4)29-20)22(27)25-26(24(5,6)7)23(28)18-11-9-10-14(2)15(18)3/h9-13,16H,8H2,1-7H3,(H,25,27). The van der Waals surface area contributed by atoms with Crippen molar-refractivity contribution in [1.82, 2.24) is 10.4 Å². The van der Waals surface area contributed by atoms with Crippen LogP contribution in [0.5, 0.6) is 11.5 Å². The molecule has 1 N–H and O–H groups in total. The molecule has 2 aromatic rings. The van der Waals surface area contributed by atoms with Crippen molar-refractivity contribution >= 4 is 11.8 Å². The number of hydrogen-bond donors (Lipinski definition) is 1. The van der Waals surface area contributed by atoms with Gasteiger partial charge in [-0.2, -0.15) is 0 Å². The molecule has 2 aromatic carbocycles. The lowest BCUT2D eigenvalue weighted by Gasteiger charge is -2.36. The number of benzene rings is 2. The average molecular weight is 411 g/mol. The second kappa shape index (κ2) is 8.01. The van der Waals surface area contributed by atoms with Gasteiger partial charge in [0, 0.05) is 23.6 Å². The molecule has 0 saturated carbocycles. The van der Waals surface area contributed by atoms with E-state index in [1.807, 2.05) is 60.6 Å². The van der Waals surface area contributed by atoms with Gasteiger partial charge in [0.25, 0.3) is 11.8 Å². The minimum Gasteiger partial charge on any atom is -0.451 e. The smallest absolute Gasteiger partial charge is 0.273 e. The first-order chi connectivity index (χ1) is 14.0. The summed E-state index contributed by atoms with van der Waals surface area (Å²) in [5.41, 5.74) is 5.95. The molecular weight excluding hydrogens is 380 g/mol. The lowest BCUT2D eigenvalue weighted by molar-refractivity contribution is 0.0357. The highest BCUT2D eigenvalue weighted by Gasteiger charge is 2.32. The van der Waals surface area contributed by atoms with Gasteiger partial charge in [-0.05, 0) is 70.4 Å². The summed E-state index contributed by atoms with van der Waals surface area (Å²) in [5, 5.41) is 1.41. The van der Waals surface area contributed by atoms with E-state index >= 15 is 0 Å². The third-order valence-electron chi connectivity index (χ3n) is 5.32. The van der Waals surface area contributed by atoms with Gasteiger partial charge >= 0.3 is 0 Å². The number of fused-ring (bicyclic) bond motifs is 1. The summed E-state index contributed by atoms with van der Waals surface area (Å²) in [5.74, 6) is 0.631. The van der Waals surface area contributed by atoms with E-state index in [0.717, 1.165) is 16.7 Å². The van der Waals surface area contributed by atoms with Gasteiger partial charge in [-0.3, -0.25) is 15.0 Å². The number of hydrazine groups is 1. The lowest BCUT2D eigenvalue weighted by Crippen LogP contribution is -2.56. The zero-order valence-electron chi connectivity index (χ0n) is 18.8. The average Bonchev–Trinajstić information content (AvgIpc) is 3.06. The van der Waals surface area contributed by atoms with Crippen LogP contribution in [0.2, 0.25) is 0 Å². The van der Waals surface area contributed by atoms with Crippen LogP contribution in [0, 0.1) is 13.8 Å². The highest BCUT2D eigenvalue weighted by molar-refractivity contribution is 6.01. The normalized spacial score (nSPS) is 15.1. The summed E-state index contributed by atoms with van der Waals surface area (Å²) in [7, 11) is 0. The molecule has 1 aliphatic rings. The molecule has 6 nitrogen and oxygen atoms in total. The van der Waals surface area contributed by atoms with Crippen molar-refractivity contribution in [1.29, 1.82) is 0 Å². The molecule has 0 bridgehead atoms. The second-order valence-electron chi connectivity index (χ2n) is 8.58. The van der Waals surface area contributed by atoms with Crippen molar-refractivity contribution in [2.45, 2.75) is 66.7 Å². The molecule has 1 atom stereocenters. The zero-order valence-corrected chi connectivity index (χ0v) is 18.8. The monoisotopic (exact) mass is 410 g/mol. The molecule has 0 saturated heterocycles. The van der Waals surface area contributed by atoms with Crippen LogP contribution >= 0.6 is 0 Å². The van der Waals surface area contributed by atoms with E-state index in [1.54, 1.807) is 18.2 Å². The van der Waals surface area contributed by atoms with E-state index in [4.69, 9.17) is 9.47 Å². The van der Waals surface area contributed by atoms with Crippen molar-refractivity contribution in [3.63, 3.8) is 0 Å². The van der Waals surface area contributed by atoms with Crippen LogP contribution in [-0.4, -0.2) is 28.7 Å². The van der Waals surface area contributed by atoms with Gasteiger partial charge in [-0.1, -0.05) is 19.1 Å². The van der Waals surface area contributed by atoms with Gasteiger partial charge in [-0.15, -0.1) is 0 Å². The third kappa shape index (κ3) is 3.99. The van der Waals surface area contributed by atoms with Crippen LogP contribution in [0.25, 0.3) is 0 Å². The van der Waals surface area contributed by atoms with Crippen molar-refractivity contribution in [3.8, 4) is 11.5 Å². The first kappa shape index (κ1) is 21.7. The fourth-order valence-electron chi connectivity index (χ4n) is 3.55. The van der Waals surface area contributed by atoms with E-state index in [-0.39, 0.29) is 18.1 Å². The number of amides is 2. The highest BCUT2D eigenvalue weighted by Crippen LogP contribution is 2.40. The number of aryl methyl sites for hydroxylation is 1. The largest absolute Gasteiger partial charge is 0.451 e. The predicted octanol–water partition coefficient (Wildman–Crippen LogP) is 4.57. The van der Waals surface area contributed by atoms with Gasteiger partial charge < -0.3 is 9.47 Å². The molecule has 30 heavy (non-hydrogen) atoms. The Labute approximate surface area is 178 Å². The molecule has 3 rings (SSSR count). The maximum absolute atomic E-state index is 13.4. The van der Waals surface area contributed by atoms with Crippen LogP contribution in [0.3, 0.4) is 0 Å². The fourth-order valence-corrected chi connectivity index (χ4v) is 3.55. The van der Waals surface area contributed by atoms with Crippen LogP contribution in [0.1, 0.15) is 72.0 Å². The second-order valence-corrected chi connectivity index (χ2v) is 8.58. The van der Waals surface area contributed by atoms with Gasteiger partial charge in [-0.25, -0.2) is 5.01 Å². The Hall–Kier alpha value is -3.02. The number of nitrogens with zero attached hydrogens (tertiary/aromatic N) is 1. The van der Waals surface area contributed by atoms with Gasteiger partial charge in [0.2, 0.25) is 6.29 Å². The molecule has 160 valence electrons. The van der Waals surface area contributed by atoms with E-state index in [0.29, 0.717) is 29.0 Å². The van der Waals surface area contributed by atoms with Crippen molar-refractivity contribution in [2.75, 3.05) is 0 Å². The number of hydrogen-bond acceptors (Lipinski definition) is 4. The molecule has 0 fully saturated rings. The number of carbonyl (C=O) groups is 2. The molecule has 1 heterocycles. The quantitative estimate of drug-likeness (QED) is 0.753. The number of nitrogens with one attached hydrogen (secondary N) is 1. The maximum Gasteiger partial charge on any atom is 0.273 e. The molecular formula is C24H30N2O4. The van der Waals surface area contributed by atoms with Gasteiger partial charge in [0.05, 0.1) is 5.54 Å². The molecule has 6 heteroatoms. The molecule has 1 unspecified atom stereocenters. The first-order valence-electron chi connectivity index (χ1n) is 10.3. The third-order valence-corrected chi connectivity index (χ3v) is 5.32. The predicted molar refractivity (Wildman–Crippen MR) is 116 cm³/mol. The van der Waals surface area contributed by atoms with Crippen LogP contribution in [0.4, 0.5) is 0 Å². The lowest BCUT2D eigenvalue weighted by atomic mass is 10.00.